The molecule has 0 radical (unpaired) electrons. The Kier molecular flexibility index (Phi) is 7.12. The molecule has 0 spiro atoms. The predicted molar refractivity (Wildman–Crippen MR) is 155 cm³/mol. The predicted octanol–water partition coefficient (Wildman–Crippen LogP) is 0.953. The summed E-state index contributed by atoms with van der Waals surface area (Å²) >= 11 is 0. The summed E-state index contributed by atoms with van der Waals surface area (Å²) in [5, 5.41) is 8.85. The molecular formula is C27H31N7O5S2. The number of hydrogen-bond acceptors (Lipinski definition) is 10. The van der Waals surface area contributed by atoms with E-state index in [0.29, 0.717) is 12.0 Å². The quantitative estimate of drug-likeness (QED) is 0.172. The van der Waals surface area contributed by atoms with E-state index >= 15 is 0 Å². The number of fused-ring (bicyclic) bond motifs is 1. The molecule has 41 heavy (non-hydrogen) atoms. The number of sulfone groups is 1. The number of nitrogens with two attached hydrogens (primary N) is 1. The molecule has 0 atom stereocenters. The normalized spacial score (nSPS) is 16.8. The molecule has 0 aliphatic carbocycles. The van der Waals surface area contributed by atoms with Crippen LogP contribution in [-0.2, 0) is 33.3 Å². The first-order valence-corrected chi connectivity index (χ1v) is 16.0. The Morgan fingerprint density at radius 1 is 0.951 bits per heavy atom. The highest BCUT2D eigenvalue weighted by Crippen LogP contribution is 2.41. The Hall–Kier alpha value is -3.34. The third kappa shape index (κ3) is 4.91. The number of primary sulfonamides is 1. The summed E-state index contributed by atoms with van der Waals surface area (Å²) in [6.07, 6.45) is -0.151. The van der Waals surface area contributed by atoms with Gasteiger partial charge in [0, 0.05) is 48.7 Å². The van der Waals surface area contributed by atoms with Crippen LogP contribution in [-0.4, -0.2) is 46.9 Å². The first-order chi connectivity index (χ1) is 19.6. The van der Waals surface area contributed by atoms with Gasteiger partial charge in [0.2, 0.25) is 10.0 Å². The maximum Gasteiger partial charge on any atom is 0.239 e. The van der Waals surface area contributed by atoms with Gasteiger partial charge >= 0.3 is 0 Å². The fraction of sp³-hybridized carbons (Fsp3) is 0.259. The fourth-order valence-electron chi connectivity index (χ4n) is 5.45. The van der Waals surface area contributed by atoms with Crippen molar-refractivity contribution in [2.75, 3.05) is 20.2 Å². The molecule has 3 heterocycles. The first-order valence-electron chi connectivity index (χ1n) is 13.0. The van der Waals surface area contributed by atoms with E-state index in [-0.39, 0.29) is 23.5 Å². The van der Waals surface area contributed by atoms with E-state index in [0.717, 1.165) is 33.5 Å². The van der Waals surface area contributed by atoms with Crippen LogP contribution in [0.5, 0.6) is 5.75 Å². The summed E-state index contributed by atoms with van der Waals surface area (Å²) in [5.41, 5.74) is 15.8. The van der Waals surface area contributed by atoms with Gasteiger partial charge < -0.3 is 14.6 Å². The number of hydrogen-bond donors (Lipinski definition) is 6. The highest BCUT2D eigenvalue weighted by Gasteiger charge is 2.39. The summed E-state index contributed by atoms with van der Waals surface area (Å²) in [4.78, 5) is -0.732. The van der Waals surface area contributed by atoms with E-state index in [1.165, 1.54) is 6.07 Å². The second kappa shape index (κ2) is 10.5. The van der Waals surface area contributed by atoms with Crippen LogP contribution in [0.1, 0.15) is 23.0 Å². The van der Waals surface area contributed by atoms with Crippen LogP contribution < -0.4 is 37.1 Å². The van der Waals surface area contributed by atoms with Gasteiger partial charge in [-0.3, -0.25) is 0 Å². The van der Waals surface area contributed by atoms with Crippen molar-refractivity contribution in [3.05, 3.63) is 77.5 Å². The molecule has 7 N–H and O–H groups in total. The van der Waals surface area contributed by atoms with E-state index in [9.17, 15) is 16.8 Å². The third-order valence-electron chi connectivity index (χ3n) is 7.74. The van der Waals surface area contributed by atoms with Gasteiger partial charge in [-0.05, 0) is 47.0 Å². The van der Waals surface area contributed by atoms with Gasteiger partial charge in [0.05, 0.1) is 17.3 Å². The maximum absolute atomic E-state index is 13.5. The lowest BCUT2D eigenvalue weighted by molar-refractivity contribution is 0.414. The van der Waals surface area contributed by atoms with E-state index in [4.69, 9.17) is 9.88 Å². The van der Waals surface area contributed by atoms with Gasteiger partial charge in [-0.25, -0.2) is 32.8 Å². The van der Waals surface area contributed by atoms with E-state index in [1.54, 1.807) is 13.2 Å². The molecule has 0 saturated carbocycles. The number of rotatable bonds is 8. The van der Waals surface area contributed by atoms with Gasteiger partial charge in [-0.1, -0.05) is 30.3 Å². The van der Waals surface area contributed by atoms with Gasteiger partial charge in [-0.2, -0.15) is 11.1 Å². The SMILES string of the molecule is COc1ccc(Cc2cc3c(-c4ccc(S(=O)(=O)C5CNC5)c(S(N)(=O)=O)c4C4NNNN4)cccc3n2C)cc1. The van der Waals surface area contributed by atoms with E-state index in [1.807, 2.05) is 49.5 Å². The summed E-state index contributed by atoms with van der Waals surface area (Å²) in [5.74, 6) is 0.781. The topological polar surface area (TPSA) is 169 Å². The molecular weight excluding hydrogens is 566 g/mol. The zero-order valence-electron chi connectivity index (χ0n) is 22.4. The number of hydrazine groups is 3. The largest absolute Gasteiger partial charge is 0.497 e. The number of sulfonamides is 1. The third-order valence-corrected chi connectivity index (χ3v) is 11.0. The Balaban J connectivity index is 1.56. The second-order valence-corrected chi connectivity index (χ2v) is 13.8. The van der Waals surface area contributed by atoms with E-state index < -0.39 is 36.2 Å². The number of nitrogens with zero attached hydrogens (tertiary/aromatic N) is 1. The molecule has 2 aliphatic heterocycles. The Bertz CT molecular complexity index is 1850. The van der Waals surface area contributed by atoms with Crippen molar-refractivity contribution >= 4 is 30.8 Å². The van der Waals surface area contributed by atoms with Crippen molar-refractivity contribution in [2.24, 2.45) is 12.2 Å². The lowest BCUT2D eigenvalue weighted by Crippen LogP contribution is -2.51. The van der Waals surface area contributed by atoms with Crippen LogP contribution in [0.2, 0.25) is 0 Å². The van der Waals surface area contributed by atoms with Crippen LogP contribution in [0, 0.1) is 0 Å². The Labute approximate surface area is 238 Å². The Morgan fingerprint density at radius 2 is 1.66 bits per heavy atom. The molecule has 4 aromatic rings. The lowest BCUT2D eigenvalue weighted by atomic mass is 9.95. The lowest BCUT2D eigenvalue weighted by Gasteiger charge is -2.29. The van der Waals surface area contributed by atoms with Gasteiger partial charge in [0.25, 0.3) is 0 Å². The molecule has 0 amide bonds. The average molecular weight is 598 g/mol. The zero-order valence-corrected chi connectivity index (χ0v) is 24.1. The van der Waals surface area contributed by atoms with Crippen molar-refractivity contribution in [1.82, 2.24) is 31.8 Å². The van der Waals surface area contributed by atoms with Crippen molar-refractivity contribution in [2.45, 2.75) is 27.6 Å². The van der Waals surface area contributed by atoms with Gasteiger partial charge in [0.15, 0.2) is 9.84 Å². The zero-order chi connectivity index (χ0) is 28.9. The van der Waals surface area contributed by atoms with E-state index in [2.05, 4.69) is 37.9 Å². The van der Waals surface area contributed by atoms with Crippen LogP contribution >= 0.6 is 0 Å². The first kappa shape index (κ1) is 27.8. The minimum absolute atomic E-state index is 0.200. The summed E-state index contributed by atoms with van der Waals surface area (Å²) in [7, 11) is -4.85. The average Bonchev–Trinajstić information content (AvgIpc) is 3.55. The smallest absolute Gasteiger partial charge is 0.239 e. The number of aryl methyl sites for hydroxylation is 1. The number of aromatic nitrogens is 1. The molecule has 216 valence electrons. The molecule has 0 bridgehead atoms. The van der Waals surface area contributed by atoms with Gasteiger partial charge in [0.1, 0.15) is 16.8 Å². The van der Waals surface area contributed by atoms with Crippen LogP contribution in [0.4, 0.5) is 0 Å². The highest BCUT2D eigenvalue weighted by atomic mass is 32.2. The summed E-state index contributed by atoms with van der Waals surface area (Å²) in [6, 6.07) is 18.8. The highest BCUT2D eigenvalue weighted by molar-refractivity contribution is 7.94. The minimum atomic E-state index is -4.49. The fourth-order valence-corrected chi connectivity index (χ4v) is 8.69. The van der Waals surface area contributed by atoms with Crippen molar-refractivity contribution in [3.63, 3.8) is 0 Å². The molecule has 0 unspecified atom stereocenters. The number of ether oxygens (including phenoxy) is 1. The summed E-state index contributed by atoms with van der Waals surface area (Å²) in [6.45, 7) is 0.486. The standard InChI is InChI=1S/C27H31N7O5S2/c1-34-17(12-16-6-8-18(39-2)9-7-16)13-22-20(4-3-5-23(22)34)21-10-11-24(40(35,36)19-14-29-15-19)26(41(28,37)38)25(21)27-30-32-33-31-27/h3-11,13,19,27,29-33H,12,14-15H2,1-2H3,(H2,28,37,38). The van der Waals surface area contributed by atoms with Crippen LogP contribution in [0.15, 0.2) is 70.5 Å². The molecule has 2 aliphatic rings. The molecule has 2 saturated heterocycles. The molecule has 2 fully saturated rings. The number of nitrogens with one attached hydrogen (secondary N) is 5. The van der Waals surface area contributed by atoms with Crippen LogP contribution in [0.25, 0.3) is 22.0 Å². The molecule has 1 aromatic heterocycles. The number of benzene rings is 3. The summed E-state index contributed by atoms with van der Waals surface area (Å²) < 4.78 is 60.7. The molecule has 14 heteroatoms. The second-order valence-electron chi connectivity index (χ2n) is 10.2. The molecule has 6 rings (SSSR count). The van der Waals surface area contributed by atoms with Crippen molar-refractivity contribution in [1.29, 1.82) is 0 Å². The minimum Gasteiger partial charge on any atom is -0.497 e. The van der Waals surface area contributed by atoms with Gasteiger partial charge in [-0.15, -0.1) is 0 Å². The molecule has 12 nitrogen and oxygen atoms in total. The van der Waals surface area contributed by atoms with Crippen molar-refractivity contribution < 1.29 is 21.6 Å². The Morgan fingerprint density at radius 3 is 2.27 bits per heavy atom. The molecule has 3 aromatic carbocycles. The monoisotopic (exact) mass is 597 g/mol. The van der Waals surface area contributed by atoms with Crippen molar-refractivity contribution in [3.8, 4) is 16.9 Å². The maximum atomic E-state index is 13.5. The van der Waals surface area contributed by atoms with Crippen LogP contribution in [0.3, 0.4) is 0 Å². The number of methoxy groups -OCH3 is 1.